The molecular weight excluding hydrogens is 204 g/mol. The van der Waals surface area contributed by atoms with Gasteiger partial charge in [-0.1, -0.05) is 26.7 Å². The predicted octanol–water partition coefficient (Wildman–Crippen LogP) is 0.637. The summed E-state index contributed by atoms with van der Waals surface area (Å²) in [5.74, 6) is 0.367. The Hall–Kier alpha value is -0.610. The minimum absolute atomic E-state index is 0.104. The van der Waals surface area contributed by atoms with Gasteiger partial charge in [-0.15, -0.1) is 0 Å². The van der Waals surface area contributed by atoms with Crippen LogP contribution in [-0.2, 0) is 4.79 Å². The van der Waals surface area contributed by atoms with E-state index in [-0.39, 0.29) is 11.8 Å². The van der Waals surface area contributed by atoms with E-state index in [1.165, 1.54) is 25.7 Å². The van der Waals surface area contributed by atoms with Crippen molar-refractivity contribution in [3.8, 4) is 0 Å². The summed E-state index contributed by atoms with van der Waals surface area (Å²) < 4.78 is 0. The molecule has 0 heterocycles. The van der Waals surface area contributed by atoms with Crippen LogP contribution in [0.3, 0.4) is 0 Å². The summed E-state index contributed by atoms with van der Waals surface area (Å²) in [6.07, 6.45) is 3.81. The highest BCUT2D eigenvalue weighted by Crippen LogP contribution is 2.23. The molecule has 4 nitrogen and oxygen atoms in total. The fourth-order valence-electron chi connectivity index (χ4n) is 2.10. The van der Waals surface area contributed by atoms with Gasteiger partial charge in [0.25, 0.3) is 0 Å². The Morgan fingerprint density at radius 2 is 2.00 bits per heavy atom. The minimum Gasteiger partial charge on any atom is -0.382 e. The zero-order chi connectivity index (χ0) is 12.1. The van der Waals surface area contributed by atoms with Crippen molar-refractivity contribution in [2.75, 3.05) is 6.54 Å². The van der Waals surface area contributed by atoms with E-state index < -0.39 is 12.1 Å². The predicted molar refractivity (Wildman–Crippen MR) is 63.8 cm³/mol. The molecule has 1 rings (SSSR count). The van der Waals surface area contributed by atoms with E-state index in [2.05, 4.69) is 5.32 Å². The molecule has 0 bridgehead atoms. The van der Waals surface area contributed by atoms with Gasteiger partial charge in [0.1, 0.15) is 6.10 Å². The average molecular weight is 228 g/mol. The van der Waals surface area contributed by atoms with Crippen molar-refractivity contribution >= 4 is 5.91 Å². The van der Waals surface area contributed by atoms with Crippen LogP contribution in [0.15, 0.2) is 0 Å². The summed E-state index contributed by atoms with van der Waals surface area (Å²) in [6, 6.07) is -0.483. The Kier molecular flexibility index (Phi) is 5.22. The number of carbonyl (C=O) groups is 1. The Balaban J connectivity index is 2.27. The van der Waals surface area contributed by atoms with Gasteiger partial charge < -0.3 is 16.2 Å². The number of rotatable bonds is 5. The fourth-order valence-corrected chi connectivity index (χ4v) is 2.10. The van der Waals surface area contributed by atoms with Crippen molar-refractivity contribution in [2.45, 2.75) is 51.7 Å². The van der Waals surface area contributed by atoms with Crippen LogP contribution in [0.25, 0.3) is 0 Å². The summed E-state index contributed by atoms with van der Waals surface area (Å²) in [5, 5.41) is 12.5. The fraction of sp³-hybridized carbons (Fsp3) is 0.917. The van der Waals surface area contributed by atoms with E-state index in [4.69, 9.17) is 5.73 Å². The summed E-state index contributed by atoms with van der Waals surface area (Å²) in [7, 11) is 0. The summed E-state index contributed by atoms with van der Waals surface area (Å²) in [4.78, 5) is 11.6. The van der Waals surface area contributed by atoms with Crippen molar-refractivity contribution in [3.05, 3.63) is 0 Å². The first-order chi connectivity index (χ1) is 7.52. The molecular formula is C12H24N2O2. The van der Waals surface area contributed by atoms with Crippen molar-refractivity contribution in [2.24, 2.45) is 17.6 Å². The maximum Gasteiger partial charge on any atom is 0.250 e. The monoisotopic (exact) mass is 228 g/mol. The number of aliphatic hydroxyl groups is 1. The van der Waals surface area contributed by atoms with Gasteiger partial charge in [0.05, 0.1) is 0 Å². The highest BCUT2D eigenvalue weighted by molar-refractivity contribution is 5.81. The molecule has 1 aliphatic carbocycles. The number of hydrogen-bond donors (Lipinski definition) is 3. The van der Waals surface area contributed by atoms with Crippen LogP contribution in [0.1, 0.15) is 39.5 Å². The van der Waals surface area contributed by atoms with Gasteiger partial charge in [-0.25, -0.2) is 0 Å². The lowest BCUT2D eigenvalue weighted by atomic mass is 9.99. The van der Waals surface area contributed by atoms with Crippen molar-refractivity contribution in [1.29, 1.82) is 0 Å². The lowest BCUT2D eigenvalue weighted by molar-refractivity contribution is -0.131. The van der Waals surface area contributed by atoms with Gasteiger partial charge in [0.15, 0.2) is 0 Å². The molecule has 2 atom stereocenters. The molecule has 16 heavy (non-hydrogen) atoms. The van der Waals surface area contributed by atoms with Crippen LogP contribution in [0.4, 0.5) is 0 Å². The third kappa shape index (κ3) is 3.76. The maximum atomic E-state index is 11.6. The molecule has 0 spiro atoms. The number of carbonyl (C=O) groups excluding carboxylic acids is 1. The van der Waals surface area contributed by atoms with E-state index >= 15 is 0 Å². The SMILES string of the molecule is CC(C)[C@H](N)C(O)C(=O)NCC1CCCC1. The Bertz CT molecular complexity index is 225. The molecule has 1 amide bonds. The van der Waals surface area contributed by atoms with Crippen LogP contribution in [0.2, 0.25) is 0 Å². The van der Waals surface area contributed by atoms with Gasteiger partial charge in [-0.2, -0.15) is 0 Å². The summed E-state index contributed by atoms with van der Waals surface area (Å²) >= 11 is 0. The van der Waals surface area contributed by atoms with Gasteiger partial charge in [0.2, 0.25) is 5.91 Å². The number of amides is 1. The molecule has 1 saturated carbocycles. The maximum absolute atomic E-state index is 11.6. The molecule has 4 N–H and O–H groups in total. The van der Waals surface area contributed by atoms with Gasteiger partial charge >= 0.3 is 0 Å². The third-order valence-electron chi connectivity index (χ3n) is 3.44. The second-order valence-electron chi connectivity index (χ2n) is 5.16. The molecule has 1 unspecified atom stereocenters. The summed E-state index contributed by atoms with van der Waals surface area (Å²) in [5.41, 5.74) is 5.73. The standard InChI is InChI=1S/C12H24N2O2/c1-8(2)10(13)11(15)12(16)14-7-9-5-3-4-6-9/h8-11,15H,3-7,13H2,1-2H3,(H,14,16)/t10-,11?/m0/s1. The molecule has 94 valence electrons. The van der Waals surface area contributed by atoms with E-state index in [0.29, 0.717) is 12.5 Å². The first kappa shape index (κ1) is 13.5. The lowest BCUT2D eigenvalue weighted by Crippen LogP contribution is -2.49. The van der Waals surface area contributed by atoms with Crippen LogP contribution in [0.5, 0.6) is 0 Å². The quantitative estimate of drug-likeness (QED) is 0.646. The Morgan fingerprint density at radius 1 is 1.44 bits per heavy atom. The Morgan fingerprint density at radius 3 is 2.50 bits per heavy atom. The molecule has 0 radical (unpaired) electrons. The number of hydrogen-bond acceptors (Lipinski definition) is 3. The van der Waals surface area contributed by atoms with E-state index in [1.54, 1.807) is 0 Å². The number of nitrogens with one attached hydrogen (secondary N) is 1. The van der Waals surface area contributed by atoms with Crippen molar-refractivity contribution < 1.29 is 9.90 Å². The highest BCUT2D eigenvalue weighted by atomic mass is 16.3. The normalized spacial score (nSPS) is 21.1. The molecule has 1 fully saturated rings. The molecule has 4 heteroatoms. The van der Waals surface area contributed by atoms with Crippen LogP contribution < -0.4 is 11.1 Å². The van der Waals surface area contributed by atoms with Crippen LogP contribution in [-0.4, -0.2) is 29.7 Å². The molecule has 0 saturated heterocycles. The number of aliphatic hydroxyl groups excluding tert-OH is 1. The number of nitrogens with two attached hydrogens (primary N) is 1. The lowest BCUT2D eigenvalue weighted by Gasteiger charge is -2.22. The van der Waals surface area contributed by atoms with Crippen LogP contribution in [0, 0.1) is 11.8 Å². The third-order valence-corrected chi connectivity index (χ3v) is 3.44. The van der Waals surface area contributed by atoms with E-state index in [1.807, 2.05) is 13.8 Å². The highest BCUT2D eigenvalue weighted by Gasteiger charge is 2.26. The molecule has 0 aromatic heterocycles. The molecule has 0 aromatic carbocycles. The topological polar surface area (TPSA) is 75.3 Å². The minimum atomic E-state index is -1.08. The van der Waals surface area contributed by atoms with Crippen LogP contribution >= 0.6 is 0 Å². The molecule has 0 aromatic rings. The zero-order valence-electron chi connectivity index (χ0n) is 10.3. The first-order valence-electron chi connectivity index (χ1n) is 6.23. The zero-order valence-corrected chi connectivity index (χ0v) is 10.3. The largest absolute Gasteiger partial charge is 0.382 e. The second kappa shape index (κ2) is 6.21. The average Bonchev–Trinajstić information content (AvgIpc) is 2.76. The smallest absolute Gasteiger partial charge is 0.250 e. The first-order valence-corrected chi connectivity index (χ1v) is 6.23. The van der Waals surface area contributed by atoms with Gasteiger partial charge in [-0.3, -0.25) is 4.79 Å². The molecule has 0 aliphatic heterocycles. The van der Waals surface area contributed by atoms with E-state index in [9.17, 15) is 9.90 Å². The molecule has 1 aliphatic rings. The van der Waals surface area contributed by atoms with Crippen molar-refractivity contribution in [3.63, 3.8) is 0 Å². The second-order valence-corrected chi connectivity index (χ2v) is 5.16. The summed E-state index contributed by atoms with van der Waals surface area (Å²) in [6.45, 7) is 4.48. The van der Waals surface area contributed by atoms with E-state index in [0.717, 1.165) is 0 Å². The van der Waals surface area contributed by atoms with Gasteiger partial charge in [0, 0.05) is 12.6 Å². The van der Waals surface area contributed by atoms with Crippen molar-refractivity contribution in [1.82, 2.24) is 5.32 Å². The van der Waals surface area contributed by atoms with Gasteiger partial charge in [-0.05, 0) is 24.7 Å². The Labute approximate surface area is 97.6 Å².